The highest BCUT2D eigenvalue weighted by molar-refractivity contribution is 6.30. The average Bonchev–Trinajstić information content (AvgIpc) is 3.30. The summed E-state index contributed by atoms with van der Waals surface area (Å²) in [6.45, 7) is 4.31. The Kier molecular flexibility index (Phi) is 4.68. The number of hydrogen-bond donors (Lipinski definition) is 1. The summed E-state index contributed by atoms with van der Waals surface area (Å²) >= 11 is 6.28. The van der Waals surface area contributed by atoms with E-state index in [0.717, 1.165) is 23.1 Å². The molecule has 0 amide bonds. The fourth-order valence-electron chi connectivity index (χ4n) is 3.37. The monoisotopic (exact) mass is 307 g/mol. The van der Waals surface area contributed by atoms with Crippen molar-refractivity contribution >= 4 is 17.4 Å². The van der Waals surface area contributed by atoms with Gasteiger partial charge in [0.2, 0.25) is 0 Å². The van der Waals surface area contributed by atoms with Gasteiger partial charge in [-0.3, -0.25) is 0 Å². The van der Waals surface area contributed by atoms with E-state index in [4.69, 9.17) is 16.6 Å². The second kappa shape index (κ2) is 6.51. The van der Waals surface area contributed by atoms with Crippen LogP contribution in [0.1, 0.15) is 75.6 Å². The molecule has 2 aliphatic rings. The summed E-state index contributed by atoms with van der Waals surface area (Å²) < 4.78 is 0. The molecule has 1 heterocycles. The molecule has 0 aliphatic heterocycles. The van der Waals surface area contributed by atoms with Gasteiger partial charge in [0.1, 0.15) is 16.8 Å². The fourth-order valence-corrected chi connectivity index (χ4v) is 3.54. The van der Waals surface area contributed by atoms with Crippen molar-refractivity contribution in [1.82, 2.24) is 9.97 Å². The normalized spacial score (nSPS) is 25.9. The van der Waals surface area contributed by atoms with Crippen molar-refractivity contribution in [1.29, 1.82) is 0 Å². The predicted molar refractivity (Wildman–Crippen MR) is 88.0 cm³/mol. The molecule has 3 rings (SSSR count). The summed E-state index contributed by atoms with van der Waals surface area (Å²) in [4.78, 5) is 9.18. The number of nitrogens with zero attached hydrogens (tertiary/aromatic N) is 2. The number of halogens is 1. The van der Waals surface area contributed by atoms with Crippen LogP contribution >= 0.6 is 11.6 Å². The van der Waals surface area contributed by atoms with Gasteiger partial charge >= 0.3 is 0 Å². The third-order valence-electron chi connectivity index (χ3n) is 4.93. The van der Waals surface area contributed by atoms with E-state index in [1.807, 2.05) is 6.92 Å². The molecule has 21 heavy (non-hydrogen) atoms. The van der Waals surface area contributed by atoms with Gasteiger partial charge in [-0.05, 0) is 51.4 Å². The first kappa shape index (κ1) is 15.1. The van der Waals surface area contributed by atoms with Crippen molar-refractivity contribution in [2.24, 2.45) is 5.92 Å². The van der Waals surface area contributed by atoms with Crippen LogP contribution in [0.3, 0.4) is 0 Å². The lowest BCUT2D eigenvalue weighted by atomic mass is 9.83. The van der Waals surface area contributed by atoms with Crippen LogP contribution in [0.15, 0.2) is 0 Å². The maximum atomic E-state index is 6.28. The second-order valence-corrected chi connectivity index (χ2v) is 7.13. The van der Waals surface area contributed by atoms with Crippen molar-refractivity contribution in [3.05, 3.63) is 16.5 Å². The van der Waals surface area contributed by atoms with Gasteiger partial charge in [0.15, 0.2) is 0 Å². The largest absolute Gasteiger partial charge is 0.367 e. The fraction of sp³-hybridized carbons (Fsp3) is 0.765. The SMILES string of the molecule is CCCC1CCC(Nc2nc(C3CC3)nc(Cl)c2C)CC1. The van der Waals surface area contributed by atoms with Gasteiger partial charge in [0.25, 0.3) is 0 Å². The van der Waals surface area contributed by atoms with Gasteiger partial charge in [-0.1, -0.05) is 31.4 Å². The number of aromatic nitrogens is 2. The zero-order valence-electron chi connectivity index (χ0n) is 13.2. The van der Waals surface area contributed by atoms with Crippen LogP contribution in [0.5, 0.6) is 0 Å². The Bertz CT molecular complexity index is 491. The van der Waals surface area contributed by atoms with Crippen molar-refractivity contribution < 1.29 is 0 Å². The van der Waals surface area contributed by atoms with Crippen LogP contribution in [-0.2, 0) is 0 Å². The molecule has 2 fully saturated rings. The maximum Gasteiger partial charge on any atom is 0.137 e. The molecule has 1 N–H and O–H groups in total. The van der Waals surface area contributed by atoms with Crippen LogP contribution < -0.4 is 5.32 Å². The molecular formula is C17H26ClN3. The molecule has 2 saturated carbocycles. The van der Waals surface area contributed by atoms with E-state index >= 15 is 0 Å². The van der Waals surface area contributed by atoms with Gasteiger partial charge in [-0.25, -0.2) is 9.97 Å². The molecule has 0 radical (unpaired) electrons. The Morgan fingerprint density at radius 2 is 1.81 bits per heavy atom. The molecule has 0 bridgehead atoms. The lowest BCUT2D eigenvalue weighted by Crippen LogP contribution is -2.27. The third kappa shape index (κ3) is 3.68. The first-order valence-electron chi connectivity index (χ1n) is 8.48. The Morgan fingerprint density at radius 3 is 2.43 bits per heavy atom. The maximum absolute atomic E-state index is 6.28. The predicted octanol–water partition coefficient (Wildman–Crippen LogP) is 5.09. The zero-order valence-corrected chi connectivity index (χ0v) is 13.9. The van der Waals surface area contributed by atoms with Crippen LogP contribution in [0.2, 0.25) is 5.15 Å². The topological polar surface area (TPSA) is 37.8 Å². The van der Waals surface area contributed by atoms with E-state index in [-0.39, 0.29) is 0 Å². The van der Waals surface area contributed by atoms with Crippen LogP contribution in [0.25, 0.3) is 0 Å². The highest BCUT2D eigenvalue weighted by atomic mass is 35.5. The van der Waals surface area contributed by atoms with E-state index in [1.165, 1.54) is 51.4 Å². The lowest BCUT2D eigenvalue weighted by molar-refractivity contribution is 0.318. The van der Waals surface area contributed by atoms with Crippen molar-refractivity contribution in [3.8, 4) is 0 Å². The van der Waals surface area contributed by atoms with E-state index < -0.39 is 0 Å². The third-order valence-corrected chi connectivity index (χ3v) is 5.30. The van der Waals surface area contributed by atoms with Crippen LogP contribution in [0, 0.1) is 12.8 Å². The molecule has 1 aromatic rings. The lowest BCUT2D eigenvalue weighted by Gasteiger charge is -2.29. The zero-order chi connectivity index (χ0) is 14.8. The van der Waals surface area contributed by atoms with E-state index in [1.54, 1.807) is 0 Å². The van der Waals surface area contributed by atoms with E-state index in [2.05, 4.69) is 17.2 Å². The van der Waals surface area contributed by atoms with Crippen molar-refractivity contribution in [2.45, 2.75) is 77.2 Å². The Morgan fingerprint density at radius 1 is 1.10 bits per heavy atom. The Balaban J connectivity index is 1.65. The van der Waals surface area contributed by atoms with Gasteiger partial charge in [-0.15, -0.1) is 0 Å². The molecule has 0 unspecified atom stereocenters. The summed E-state index contributed by atoms with van der Waals surface area (Å²) in [6, 6.07) is 0.551. The molecule has 0 saturated heterocycles. The molecule has 2 aliphatic carbocycles. The second-order valence-electron chi connectivity index (χ2n) is 6.77. The molecule has 4 heteroatoms. The minimum atomic E-state index is 0.545. The minimum absolute atomic E-state index is 0.545. The van der Waals surface area contributed by atoms with Crippen molar-refractivity contribution in [3.63, 3.8) is 0 Å². The van der Waals surface area contributed by atoms with Crippen LogP contribution in [0.4, 0.5) is 5.82 Å². The summed E-state index contributed by atoms with van der Waals surface area (Å²) in [5.74, 6) is 3.39. The highest BCUT2D eigenvalue weighted by Crippen LogP contribution is 2.40. The molecule has 1 aromatic heterocycles. The summed E-state index contributed by atoms with van der Waals surface area (Å²) in [5, 5.41) is 4.26. The quantitative estimate of drug-likeness (QED) is 0.770. The number of rotatable bonds is 5. The molecule has 0 aromatic carbocycles. The smallest absolute Gasteiger partial charge is 0.137 e. The Labute approximate surface area is 132 Å². The molecule has 116 valence electrons. The molecule has 0 spiro atoms. The van der Waals surface area contributed by atoms with Crippen molar-refractivity contribution in [2.75, 3.05) is 5.32 Å². The number of hydrogen-bond acceptors (Lipinski definition) is 3. The number of anilines is 1. The number of nitrogens with one attached hydrogen (secondary N) is 1. The van der Waals surface area contributed by atoms with Crippen LogP contribution in [-0.4, -0.2) is 16.0 Å². The standard InChI is InChI=1S/C17H26ClN3/c1-3-4-12-5-9-14(10-6-12)19-16-11(2)15(18)20-17(21-16)13-7-8-13/h12-14H,3-10H2,1-2H3,(H,19,20,21). The highest BCUT2D eigenvalue weighted by Gasteiger charge is 2.28. The summed E-state index contributed by atoms with van der Waals surface area (Å²) in [5.41, 5.74) is 0.997. The van der Waals surface area contributed by atoms with E-state index in [0.29, 0.717) is 17.1 Å². The Hall–Kier alpha value is -0.830. The van der Waals surface area contributed by atoms with Gasteiger partial charge in [0.05, 0.1) is 0 Å². The summed E-state index contributed by atoms with van der Waals surface area (Å²) in [7, 11) is 0. The minimum Gasteiger partial charge on any atom is -0.367 e. The van der Waals surface area contributed by atoms with Gasteiger partial charge < -0.3 is 5.32 Å². The van der Waals surface area contributed by atoms with E-state index in [9.17, 15) is 0 Å². The molecular weight excluding hydrogens is 282 g/mol. The first-order valence-corrected chi connectivity index (χ1v) is 8.85. The van der Waals surface area contributed by atoms with Gasteiger partial charge in [-0.2, -0.15) is 0 Å². The first-order chi connectivity index (χ1) is 10.2. The molecule has 3 nitrogen and oxygen atoms in total. The average molecular weight is 308 g/mol. The summed E-state index contributed by atoms with van der Waals surface area (Å²) in [6.07, 6.45) is 10.3. The molecule has 0 atom stereocenters. The van der Waals surface area contributed by atoms with Gasteiger partial charge in [0, 0.05) is 17.5 Å².